The lowest BCUT2D eigenvalue weighted by molar-refractivity contribution is 0.0467. The fourth-order valence-corrected chi connectivity index (χ4v) is 2.67. The predicted octanol–water partition coefficient (Wildman–Crippen LogP) is 1.37. The van der Waals surface area contributed by atoms with Gasteiger partial charge in [0.05, 0.1) is 0 Å². The van der Waals surface area contributed by atoms with Gasteiger partial charge in [-0.2, -0.15) is 4.98 Å². The van der Waals surface area contributed by atoms with E-state index in [-0.39, 0.29) is 17.9 Å². The van der Waals surface area contributed by atoms with Gasteiger partial charge in [0, 0.05) is 19.4 Å². The molecule has 0 radical (unpaired) electrons. The second-order valence-electron chi connectivity index (χ2n) is 5.57. The van der Waals surface area contributed by atoms with E-state index in [1.165, 1.54) is 0 Å². The molecule has 3 rings (SSSR count). The molecule has 3 heterocycles. The number of aryl methyl sites for hydroxylation is 2. The van der Waals surface area contributed by atoms with Gasteiger partial charge in [0.1, 0.15) is 17.6 Å². The lowest BCUT2D eigenvalue weighted by Crippen LogP contribution is -2.36. The van der Waals surface area contributed by atoms with Crippen molar-refractivity contribution >= 4 is 5.91 Å². The number of ether oxygens (including phenoxy) is 1. The highest BCUT2D eigenvalue weighted by Crippen LogP contribution is 2.29. The largest absolute Gasteiger partial charge is 0.381 e. The molecule has 2 aromatic rings. The zero-order valence-electron chi connectivity index (χ0n) is 13.2. The molecule has 1 N–H and O–H groups in total. The quantitative estimate of drug-likeness (QED) is 0.908. The van der Waals surface area contributed by atoms with Crippen LogP contribution >= 0.6 is 0 Å². The van der Waals surface area contributed by atoms with E-state index in [1.807, 2.05) is 0 Å². The smallest absolute Gasteiger partial charge is 0.270 e. The molecule has 1 amide bonds. The Labute approximate surface area is 133 Å². The van der Waals surface area contributed by atoms with Crippen molar-refractivity contribution in [2.75, 3.05) is 13.2 Å². The van der Waals surface area contributed by atoms with E-state index < -0.39 is 0 Å². The molecule has 1 saturated heterocycles. The van der Waals surface area contributed by atoms with Crippen LogP contribution in [0.5, 0.6) is 0 Å². The molecule has 1 unspecified atom stereocenters. The monoisotopic (exact) mass is 317 g/mol. The zero-order chi connectivity index (χ0) is 16.2. The van der Waals surface area contributed by atoms with Crippen molar-refractivity contribution in [3.8, 4) is 0 Å². The lowest BCUT2D eigenvalue weighted by atomic mass is 9.91. The summed E-state index contributed by atoms with van der Waals surface area (Å²) < 4.78 is 10.7. The van der Waals surface area contributed by atoms with E-state index in [9.17, 15) is 4.79 Å². The Kier molecular flexibility index (Phi) is 4.61. The van der Waals surface area contributed by atoms with E-state index in [4.69, 9.17) is 9.26 Å². The van der Waals surface area contributed by atoms with E-state index in [2.05, 4.69) is 25.4 Å². The first kappa shape index (κ1) is 15.5. The summed E-state index contributed by atoms with van der Waals surface area (Å²) in [6.07, 6.45) is 3.22. The molecule has 1 aliphatic rings. The molecule has 2 aromatic heterocycles. The molecule has 122 valence electrons. The van der Waals surface area contributed by atoms with Gasteiger partial charge in [0.2, 0.25) is 5.89 Å². The first-order valence-electron chi connectivity index (χ1n) is 7.62. The normalized spacial score (nSPS) is 17.0. The van der Waals surface area contributed by atoms with Gasteiger partial charge in [0.15, 0.2) is 5.82 Å². The third-order valence-corrected chi connectivity index (χ3v) is 3.84. The van der Waals surface area contributed by atoms with Crippen LogP contribution in [0.15, 0.2) is 16.8 Å². The summed E-state index contributed by atoms with van der Waals surface area (Å²) in [7, 11) is 0. The van der Waals surface area contributed by atoms with Crippen LogP contribution in [0.3, 0.4) is 0 Å². The maximum atomic E-state index is 12.5. The molecule has 0 saturated carbocycles. The van der Waals surface area contributed by atoms with Crippen LogP contribution in [0.4, 0.5) is 0 Å². The van der Waals surface area contributed by atoms with E-state index in [0.29, 0.717) is 36.4 Å². The number of carbonyl (C=O) groups is 1. The maximum Gasteiger partial charge on any atom is 0.270 e. The van der Waals surface area contributed by atoms with Gasteiger partial charge in [-0.3, -0.25) is 4.79 Å². The Hall–Kier alpha value is -2.35. The summed E-state index contributed by atoms with van der Waals surface area (Å²) in [6, 6.07) is 1.24. The maximum absolute atomic E-state index is 12.5. The first-order valence-corrected chi connectivity index (χ1v) is 7.62. The minimum Gasteiger partial charge on any atom is -0.381 e. The van der Waals surface area contributed by atoms with Crippen molar-refractivity contribution in [3.05, 3.63) is 35.5 Å². The van der Waals surface area contributed by atoms with Crippen LogP contribution in [-0.2, 0) is 4.74 Å². The third-order valence-electron chi connectivity index (χ3n) is 3.84. The average molecular weight is 317 g/mol. The number of nitrogens with zero attached hydrogens (tertiary/aromatic N) is 4. The van der Waals surface area contributed by atoms with E-state index >= 15 is 0 Å². The van der Waals surface area contributed by atoms with Crippen molar-refractivity contribution in [2.45, 2.75) is 32.7 Å². The van der Waals surface area contributed by atoms with Crippen LogP contribution in [0.25, 0.3) is 0 Å². The summed E-state index contributed by atoms with van der Waals surface area (Å²) in [5.41, 5.74) is 0.325. The molecule has 0 aliphatic carbocycles. The van der Waals surface area contributed by atoms with Crippen LogP contribution in [0.1, 0.15) is 46.9 Å². The van der Waals surface area contributed by atoms with Crippen LogP contribution in [-0.4, -0.2) is 39.2 Å². The highest BCUT2D eigenvalue weighted by molar-refractivity contribution is 5.92. The van der Waals surface area contributed by atoms with E-state index in [0.717, 1.165) is 12.8 Å². The number of hydrogen-bond donors (Lipinski definition) is 1. The van der Waals surface area contributed by atoms with Crippen LogP contribution in [0.2, 0.25) is 0 Å². The third kappa shape index (κ3) is 3.70. The Morgan fingerprint density at radius 2 is 2.04 bits per heavy atom. The highest BCUT2D eigenvalue weighted by atomic mass is 16.5. The standard InChI is InChI=1S/C15H19N5O3/c1-9-16-6-3-12(17-9)14(21)19-13(11-4-7-22-8-5-11)15-18-10(2)20-23-15/h3,6,11,13H,4-5,7-8H2,1-2H3,(H,19,21). The summed E-state index contributed by atoms with van der Waals surface area (Å²) in [5, 5.41) is 6.81. The Morgan fingerprint density at radius 1 is 1.26 bits per heavy atom. The Morgan fingerprint density at radius 3 is 2.70 bits per heavy atom. The Bertz CT molecular complexity index is 681. The molecule has 1 fully saturated rings. The summed E-state index contributed by atoms with van der Waals surface area (Å²) in [6.45, 7) is 4.82. The number of rotatable bonds is 4. The fraction of sp³-hybridized carbons (Fsp3) is 0.533. The van der Waals surface area contributed by atoms with Crippen LogP contribution in [0, 0.1) is 19.8 Å². The van der Waals surface area contributed by atoms with Crippen molar-refractivity contribution in [1.82, 2.24) is 25.4 Å². The topological polar surface area (TPSA) is 103 Å². The Balaban J connectivity index is 1.81. The second-order valence-corrected chi connectivity index (χ2v) is 5.57. The fourth-order valence-electron chi connectivity index (χ4n) is 2.67. The summed E-state index contributed by atoms with van der Waals surface area (Å²) >= 11 is 0. The number of carbonyl (C=O) groups excluding carboxylic acids is 1. The van der Waals surface area contributed by atoms with Gasteiger partial charge in [-0.25, -0.2) is 9.97 Å². The van der Waals surface area contributed by atoms with Gasteiger partial charge >= 0.3 is 0 Å². The van der Waals surface area contributed by atoms with Crippen LogP contribution < -0.4 is 5.32 Å². The minimum atomic E-state index is -0.345. The summed E-state index contributed by atoms with van der Waals surface area (Å²) in [5.74, 6) is 1.44. The number of nitrogens with one attached hydrogen (secondary N) is 1. The molecule has 0 aromatic carbocycles. The molecular formula is C15H19N5O3. The van der Waals surface area contributed by atoms with Gasteiger partial charge < -0.3 is 14.6 Å². The first-order chi connectivity index (χ1) is 11.1. The van der Waals surface area contributed by atoms with Gasteiger partial charge in [-0.1, -0.05) is 5.16 Å². The molecule has 23 heavy (non-hydrogen) atoms. The zero-order valence-corrected chi connectivity index (χ0v) is 13.2. The number of aromatic nitrogens is 4. The van der Waals surface area contributed by atoms with Gasteiger partial charge in [0.25, 0.3) is 5.91 Å². The van der Waals surface area contributed by atoms with Gasteiger partial charge in [-0.05, 0) is 38.7 Å². The van der Waals surface area contributed by atoms with Crippen molar-refractivity contribution < 1.29 is 14.1 Å². The minimum absolute atomic E-state index is 0.190. The van der Waals surface area contributed by atoms with Crippen molar-refractivity contribution in [1.29, 1.82) is 0 Å². The van der Waals surface area contributed by atoms with E-state index in [1.54, 1.807) is 26.1 Å². The molecule has 8 heteroatoms. The van der Waals surface area contributed by atoms with Crippen molar-refractivity contribution in [2.24, 2.45) is 5.92 Å². The lowest BCUT2D eigenvalue weighted by Gasteiger charge is -2.28. The highest BCUT2D eigenvalue weighted by Gasteiger charge is 2.31. The molecule has 1 atom stereocenters. The second kappa shape index (κ2) is 6.82. The number of hydrogen-bond acceptors (Lipinski definition) is 7. The van der Waals surface area contributed by atoms with Crippen molar-refractivity contribution in [3.63, 3.8) is 0 Å². The molecule has 1 aliphatic heterocycles. The van der Waals surface area contributed by atoms with Gasteiger partial charge in [-0.15, -0.1) is 0 Å². The predicted molar refractivity (Wildman–Crippen MR) is 79.6 cm³/mol. The average Bonchev–Trinajstić information content (AvgIpc) is 2.99. The molecule has 0 bridgehead atoms. The molecular weight excluding hydrogens is 298 g/mol. The molecule has 8 nitrogen and oxygen atoms in total. The SMILES string of the molecule is Cc1nccc(C(=O)NC(c2nc(C)no2)C2CCOCC2)n1. The number of amides is 1. The molecule has 0 spiro atoms. The summed E-state index contributed by atoms with van der Waals surface area (Å²) in [4.78, 5) is 25.0.